The molecule has 0 saturated carbocycles. The molecule has 3 nitrogen and oxygen atoms in total. The molecule has 0 aliphatic carbocycles. The summed E-state index contributed by atoms with van der Waals surface area (Å²) >= 11 is 1.54. The van der Waals surface area contributed by atoms with Gasteiger partial charge in [0.2, 0.25) is 5.89 Å². The molecule has 0 spiro atoms. The first-order valence-corrected chi connectivity index (χ1v) is 4.35. The van der Waals surface area contributed by atoms with Crippen molar-refractivity contribution < 1.29 is 4.42 Å². The lowest BCUT2D eigenvalue weighted by atomic mass is 10.6. The van der Waals surface area contributed by atoms with Gasteiger partial charge < -0.3 is 4.42 Å². The second-order valence-electron chi connectivity index (χ2n) is 1.97. The molecule has 0 aromatic carbocycles. The summed E-state index contributed by atoms with van der Waals surface area (Å²) in [4.78, 5) is 0. The van der Waals surface area contributed by atoms with Gasteiger partial charge in [0.05, 0.1) is 0 Å². The summed E-state index contributed by atoms with van der Waals surface area (Å²) in [5, 5.41) is 8.17. The van der Waals surface area contributed by atoms with Crippen LogP contribution in [0.3, 0.4) is 0 Å². The Balaban J connectivity index is 2.38. The fourth-order valence-corrected chi connectivity index (χ4v) is 1.26. The zero-order chi connectivity index (χ0) is 8.10. The van der Waals surface area contributed by atoms with Gasteiger partial charge in [-0.25, -0.2) is 0 Å². The average Bonchev–Trinajstić information content (AvgIpc) is 2.37. The highest BCUT2D eigenvalue weighted by Gasteiger charge is 1.99. The van der Waals surface area contributed by atoms with E-state index < -0.39 is 0 Å². The minimum Gasteiger partial charge on any atom is -0.416 e. The zero-order valence-electron chi connectivity index (χ0n) is 6.57. The molecule has 0 aliphatic heterocycles. The number of rotatable bonds is 3. The summed E-state index contributed by atoms with van der Waals surface area (Å²) in [6.45, 7) is 3.77. The lowest BCUT2D eigenvalue weighted by molar-refractivity contribution is 0.429. The number of thioether (sulfide) groups is 1. The van der Waals surface area contributed by atoms with Crippen molar-refractivity contribution >= 4 is 11.8 Å². The highest BCUT2D eigenvalue weighted by molar-refractivity contribution is 7.99. The fourth-order valence-electron chi connectivity index (χ4n) is 0.552. The largest absolute Gasteiger partial charge is 0.416 e. The van der Waals surface area contributed by atoms with Crippen molar-refractivity contribution in [2.75, 3.05) is 5.75 Å². The van der Waals surface area contributed by atoms with Gasteiger partial charge in [-0.1, -0.05) is 23.9 Å². The molecule has 1 heterocycles. The summed E-state index contributed by atoms with van der Waals surface area (Å²) in [6, 6.07) is 0. The Morgan fingerprint density at radius 2 is 2.36 bits per heavy atom. The Hall–Kier alpha value is -0.770. The minimum absolute atomic E-state index is 0.618. The first kappa shape index (κ1) is 8.33. The minimum atomic E-state index is 0.618. The van der Waals surface area contributed by atoms with Crippen LogP contribution in [0.5, 0.6) is 0 Å². The standard InChI is InChI=1S/C7H10N2OS/c1-3-4-5-11-7-9-8-6(2)10-7/h3-4H,5H2,1-2H3/b4-3+. The van der Waals surface area contributed by atoms with Gasteiger partial charge in [0, 0.05) is 12.7 Å². The van der Waals surface area contributed by atoms with Crippen LogP contribution < -0.4 is 0 Å². The molecule has 1 aromatic heterocycles. The van der Waals surface area contributed by atoms with Gasteiger partial charge in [0.1, 0.15) is 0 Å². The molecule has 11 heavy (non-hydrogen) atoms. The van der Waals surface area contributed by atoms with E-state index in [1.54, 1.807) is 6.92 Å². The van der Waals surface area contributed by atoms with Crippen LogP contribution in [-0.4, -0.2) is 16.0 Å². The molecule has 0 unspecified atom stereocenters. The highest BCUT2D eigenvalue weighted by Crippen LogP contribution is 2.14. The number of hydrogen-bond donors (Lipinski definition) is 0. The van der Waals surface area contributed by atoms with Crippen LogP contribution in [0, 0.1) is 6.92 Å². The molecule has 0 bridgehead atoms. The normalized spacial score (nSPS) is 11.1. The molecule has 1 aromatic rings. The van der Waals surface area contributed by atoms with Crippen molar-refractivity contribution in [3.8, 4) is 0 Å². The molecule has 0 radical (unpaired) electrons. The Kier molecular flexibility index (Phi) is 3.16. The van der Waals surface area contributed by atoms with E-state index in [2.05, 4.69) is 10.2 Å². The molecule has 0 atom stereocenters. The average molecular weight is 170 g/mol. The van der Waals surface area contributed by atoms with Gasteiger partial charge in [-0.15, -0.1) is 10.2 Å². The maximum absolute atomic E-state index is 5.14. The number of aromatic nitrogens is 2. The zero-order valence-corrected chi connectivity index (χ0v) is 7.39. The predicted octanol–water partition coefficient (Wildman–Crippen LogP) is 2.05. The van der Waals surface area contributed by atoms with Crippen molar-refractivity contribution in [3.63, 3.8) is 0 Å². The van der Waals surface area contributed by atoms with Crippen LogP contribution >= 0.6 is 11.8 Å². The van der Waals surface area contributed by atoms with Crippen molar-refractivity contribution in [3.05, 3.63) is 18.0 Å². The summed E-state index contributed by atoms with van der Waals surface area (Å²) in [5.74, 6) is 1.51. The monoisotopic (exact) mass is 170 g/mol. The Morgan fingerprint density at radius 1 is 1.55 bits per heavy atom. The maximum atomic E-state index is 5.14. The summed E-state index contributed by atoms with van der Waals surface area (Å²) in [5.41, 5.74) is 0. The highest BCUT2D eigenvalue weighted by atomic mass is 32.2. The van der Waals surface area contributed by atoms with Crippen molar-refractivity contribution in [1.29, 1.82) is 0 Å². The van der Waals surface area contributed by atoms with Crippen LogP contribution in [-0.2, 0) is 0 Å². The third-order valence-electron chi connectivity index (χ3n) is 1.05. The number of nitrogens with zero attached hydrogens (tertiary/aromatic N) is 2. The third-order valence-corrected chi connectivity index (χ3v) is 1.82. The Labute approximate surface area is 69.9 Å². The van der Waals surface area contributed by atoms with Crippen LogP contribution in [0.1, 0.15) is 12.8 Å². The van der Waals surface area contributed by atoms with E-state index in [1.807, 2.05) is 19.1 Å². The SMILES string of the molecule is C/C=C/CSc1nnc(C)o1. The van der Waals surface area contributed by atoms with Gasteiger partial charge in [-0.05, 0) is 6.92 Å². The molecule has 0 saturated heterocycles. The van der Waals surface area contributed by atoms with E-state index in [1.165, 1.54) is 11.8 Å². The number of allylic oxidation sites excluding steroid dienone is 1. The van der Waals surface area contributed by atoms with E-state index >= 15 is 0 Å². The molecule has 0 amide bonds. The van der Waals surface area contributed by atoms with Gasteiger partial charge in [-0.2, -0.15) is 0 Å². The number of hydrogen-bond acceptors (Lipinski definition) is 4. The molecule has 1 rings (SSSR count). The lowest BCUT2D eigenvalue weighted by Gasteiger charge is -1.85. The third kappa shape index (κ3) is 2.76. The molecule has 60 valence electrons. The van der Waals surface area contributed by atoms with E-state index in [-0.39, 0.29) is 0 Å². The van der Waals surface area contributed by atoms with Gasteiger partial charge in [0.15, 0.2) is 0 Å². The summed E-state index contributed by atoms with van der Waals surface area (Å²) in [6.07, 6.45) is 4.04. The lowest BCUT2D eigenvalue weighted by Crippen LogP contribution is -1.73. The first-order chi connectivity index (χ1) is 5.33. The molecular formula is C7H10N2OS. The van der Waals surface area contributed by atoms with Crippen molar-refractivity contribution in [2.24, 2.45) is 0 Å². The smallest absolute Gasteiger partial charge is 0.276 e. The van der Waals surface area contributed by atoms with Crippen LogP contribution in [0.2, 0.25) is 0 Å². The van der Waals surface area contributed by atoms with Crippen LogP contribution in [0.25, 0.3) is 0 Å². The second-order valence-corrected chi connectivity index (χ2v) is 2.94. The predicted molar refractivity (Wildman–Crippen MR) is 44.6 cm³/mol. The van der Waals surface area contributed by atoms with Crippen LogP contribution in [0.4, 0.5) is 0 Å². The summed E-state index contributed by atoms with van der Waals surface area (Å²) < 4.78 is 5.14. The van der Waals surface area contributed by atoms with Crippen molar-refractivity contribution in [2.45, 2.75) is 19.1 Å². The summed E-state index contributed by atoms with van der Waals surface area (Å²) in [7, 11) is 0. The van der Waals surface area contributed by atoms with Crippen molar-refractivity contribution in [1.82, 2.24) is 10.2 Å². The fraction of sp³-hybridized carbons (Fsp3) is 0.429. The topological polar surface area (TPSA) is 38.9 Å². The Morgan fingerprint density at radius 3 is 2.91 bits per heavy atom. The quantitative estimate of drug-likeness (QED) is 0.514. The van der Waals surface area contributed by atoms with E-state index in [0.717, 1.165) is 5.75 Å². The maximum Gasteiger partial charge on any atom is 0.276 e. The Bertz CT molecular complexity index is 244. The van der Waals surface area contributed by atoms with E-state index in [9.17, 15) is 0 Å². The molecule has 0 fully saturated rings. The van der Waals surface area contributed by atoms with E-state index in [0.29, 0.717) is 11.1 Å². The number of aryl methyl sites for hydroxylation is 1. The molecule has 4 heteroatoms. The first-order valence-electron chi connectivity index (χ1n) is 3.37. The molecule has 0 aliphatic rings. The van der Waals surface area contributed by atoms with Gasteiger partial charge >= 0.3 is 0 Å². The van der Waals surface area contributed by atoms with E-state index in [4.69, 9.17) is 4.42 Å². The molecule has 0 N–H and O–H groups in total. The van der Waals surface area contributed by atoms with Crippen LogP contribution in [0.15, 0.2) is 21.8 Å². The van der Waals surface area contributed by atoms with Gasteiger partial charge in [0.25, 0.3) is 5.22 Å². The van der Waals surface area contributed by atoms with Gasteiger partial charge in [-0.3, -0.25) is 0 Å². The molecular weight excluding hydrogens is 160 g/mol. The second kappa shape index (κ2) is 4.18.